The Kier molecular flexibility index (Phi) is 3.64. The molecule has 8 heteroatoms. The molecule has 2 heterocycles. The van der Waals surface area contributed by atoms with E-state index >= 15 is 0 Å². The number of halogens is 4. The molecule has 2 rings (SSSR count). The van der Waals surface area contributed by atoms with Crippen molar-refractivity contribution < 1.29 is 17.9 Å². The van der Waals surface area contributed by atoms with Crippen LogP contribution in [0.5, 0.6) is 0 Å². The van der Waals surface area contributed by atoms with Crippen LogP contribution in [0.2, 0.25) is 0 Å². The third kappa shape index (κ3) is 2.64. The standard InChI is InChI=1S/C11H8BrF3N2O2/c1-19-5-6-2-3-7-16-9(11(13,14)15)8(12)10(18)17(7)4-6/h2-4H,5H2,1H3. The van der Waals surface area contributed by atoms with Gasteiger partial charge in [-0.15, -0.1) is 0 Å². The Labute approximate surface area is 114 Å². The van der Waals surface area contributed by atoms with E-state index in [4.69, 9.17) is 4.74 Å². The van der Waals surface area contributed by atoms with Crippen molar-refractivity contribution in [3.05, 3.63) is 44.4 Å². The Morgan fingerprint density at radius 1 is 1.42 bits per heavy atom. The summed E-state index contributed by atoms with van der Waals surface area (Å²) in [4.78, 5) is 15.3. The van der Waals surface area contributed by atoms with Crippen molar-refractivity contribution in [2.45, 2.75) is 12.8 Å². The maximum atomic E-state index is 12.7. The number of fused-ring (bicyclic) bond motifs is 1. The average molecular weight is 337 g/mol. The molecule has 0 saturated carbocycles. The fourth-order valence-electron chi connectivity index (χ4n) is 1.60. The maximum Gasteiger partial charge on any atom is 0.434 e. The first kappa shape index (κ1) is 14.0. The van der Waals surface area contributed by atoms with E-state index in [0.717, 1.165) is 4.40 Å². The number of nitrogens with zero attached hydrogens (tertiary/aromatic N) is 2. The van der Waals surface area contributed by atoms with Crippen LogP contribution in [0, 0.1) is 0 Å². The van der Waals surface area contributed by atoms with Gasteiger partial charge in [0, 0.05) is 13.3 Å². The second-order valence-corrected chi connectivity index (χ2v) is 4.57. The van der Waals surface area contributed by atoms with Gasteiger partial charge in [0.2, 0.25) is 0 Å². The number of pyridine rings is 1. The lowest BCUT2D eigenvalue weighted by Crippen LogP contribution is -2.22. The highest BCUT2D eigenvalue weighted by atomic mass is 79.9. The molecule has 0 aliphatic rings. The van der Waals surface area contributed by atoms with Gasteiger partial charge in [0.1, 0.15) is 10.1 Å². The normalized spacial score (nSPS) is 12.1. The highest BCUT2D eigenvalue weighted by molar-refractivity contribution is 9.10. The number of methoxy groups -OCH3 is 1. The van der Waals surface area contributed by atoms with E-state index in [2.05, 4.69) is 20.9 Å². The van der Waals surface area contributed by atoms with Crippen LogP contribution in [-0.4, -0.2) is 16.5 Å². The number of rotatable bonds is 2. The number of hydrogen-bond donors (Lipinski definition) is 0. The smallest absolute Gasteiger partial charge is 0.380 e. The summed E-state index contributed by atoms with van der Waals surface area (Å²) in [5.41, 5.74) is -1.45. The molecule has 0 unspecified atom stereocenters. The summed E-state index contributed by atoms with van der Waals surface area (Å²) < 4.78 is 43.4. The fraction of sp³-hybridized carbons (Fsp3) is 0.273. The predicted octanol–water partition coefficient (Wildman–Crippen LogP) is 2.62. The minimum absolute atomic E-state index is 0.0691. The minimum Gasteiger partial charge on any atom is -0.380 e. The van der Waals surface area contributed by atoms with Crippen molar-refractivity contribution >= 4 is 21.6 Å². The van der Waals surface area contributed by atoms with Crippen LogP contribution in [0.4, 0.5) is 13.2 Å². The molecule has 0 atom stereocenters. The lowest BCUT2D eigenvalue weighted by molar-refractivity contribution is -0.141. The molecule has 4 nitrogen and oxygen atoms in total. The molecule has 0 N–H and O–H groups in total. The van der Waals surface area contributed by atoms with Crippen molar-refractivity contribution in [2.24, 2.45) is 0 Å². The molecule has 19 heavy (non-hydrogen) atoms. The Morgan fingerprint density at radius 2 is 2.11 bits per heavy atom. The van der Waals surface area contributed by atoms with Gasteiger partial charge in [-0.25, -0.2) is 4.98 Å². The summed E-state index contributed by atoms with van der Waals surface area (Å²) in [7, 11) is 1.48. The van der Waals surface area contributed by atoms with Gasteiger partial charge in [-0.05, 0) is 27.6 Å². The molecule has 0 fully saturated rings. The quantitative estimate of drug-likeness (QED) is 0.846. The Bertz CT molecular complexity index is 682. The van der Waals surface area contributed by atoms with Gasteiger partial charge < -0.3 is 4.74 Å². The minimum atomic E-state index is -4.68. The summed E-state index contributed by atoms with van der Waals surface area (Å²) in [6.45, 7) is 0.251. The van der Waals surface area contributed by atoms with Gasteiger partial charge in [-0.2, -0.15) is 13.2 Å². The van der Waals surface area contributed by atoms with Crippen LogP contribution in [-0.2, 0) is 17.5 Å². The maximum absolute atomic E-state index is 12.7. The molecule has 0 amide bonds. The average Bonchev–Trinajstić information content (AvgIpc) is 2.33. The van der Waals surface area contributed by atoms with Crippen molar-refractivity contribution in [1.29, 1.82) is 0 Å². The lowest BCUT2D eigenvalue weighted by atomic mass is 10.3. The largest absolute Gasteiger partial charge is 0.434 e. The van der Waals surface area contributed by atoms with E-state index in [1.54, 1.807) is 6.07 Å². The van der Waals surface area contributed by atoms with Gasteiger partial charge >= 0.3 is 6.18 Å². The highest BCUT2D eigenvalue weighted by Crippen LogP contribution is 2.31. The van der Waals surface area contributed by atoms with Gasteiger partial charge in [-0.3, -0.25) is 9.20 Å². The van der Waals surface area contributed by atoms with Crippen LogP contribution in [0.25, 0.3) is 5.65 Å². The zero-order chi connectivity index (χ0) is 14.2. The van der Waals surface area contributed by atoms with E-state index in [1.807, 2.05) is 0 Å². The SMILES string of the molecule is COCc1ccc2nc(C(F)(F)F)c(Br)c(=O)n2c1. The Hall–Kier alpha value is -1.41. The molecule has 2 aromatic rings. The van der Waals surface area contributed by atoms with Crippen molar-refractivity contribution in [1.82, 2.24) is 9.38 Å². The lowest BCUT2D eigenvalue weighted by Gasteiger charge is -2.10. The predicted molar refractivity (Wildman–Crippen MR) is 64.9 cm³/mol. The third-order valence-corrected chi connectivity index (χ3v) is 3.12. The van der Waals surface area contributed by atoms with Gasteiger partial charge in [0.25, 0.3) is 5.56 Å². The molecule has 2 aromatic heterocycles. The number of aromatic nitrogens is 2. The fourth-order valence-corrected chi connectivity index (χ4v) is 2.11. The van der Waals surface area contributed by atoms with E-state index in [-0.39, 0.29) is 12.3 Å². The van der Waals surface area contributed by atoms with Crippen LogP contribution in [0.15, 0.2) is 27.6 Å². The number of alkyl halides is 3. The molecule has 0 aromatic carbocycles. The van der Waals surface area contributed by atoms with Crippen LogP contribution < -0.4 is 5.56 Å². The van der Waals surface area contributed by atoms with E-state index in [0.29, 0.717) is 5.56 Å². The van der Waals surface area contributed by atoms with Gasteiger partial charge in [0.15, 0.2) is 5.69 Å². The summed E-state index contributed by atoms with van der Waals surface area (Å²) in [5, 5.41) is 0. The number of hydrogen-bond acceptors (Lipinski definition) is 3. The monoisotopic (exact) mass is 336 g/mol. The van der Waals surface area contributed by atoms with Gasteiger partial charge in [0.05, 0.1) is 6.61 Å². The van der Waals surface area contributed by atoms with Crippen LogP contribution >= 0.6 is 15.9 Å². The summed E-state index contributed by atoms with van der Waals surface area (Å²) in [6, 6.07) is 2.90. The molecular formula is C11H8BrF3N2O2. The van der Waals surface area contributed by atoms with E-state index in [9.17, 15) is 18.0 Å². The zero-order valence-electron chi connectivity index (χ0n) is 9.66. The van der Waals surface area contributed by atoms with Crippen molar-refractivity contribution in [3.8, 4) is 0 Å². The van der Waals surface area contributed by atoms with E-state index in [1.165, 1.54) is 19.4 Å². The van der Waals surface area contributed by atoms with E-state index < -0.39 is 21.9 Å². The molecule has 0 aliphatic heterocycles. The van der Waals surface area contributed by atoms with Crippen molar-refractivity contribution in [3.63, 3.8) is 0 Å². The first-order valence-electron chi connectivity index (χ1n) is 5.11. The molecule has 0 bridgehead atoms. The second kappa shape index (κ2) is 4.93. The second-order valence-electron chi connectivity index (χ2n) is 3.78. The third-order valence-electron chi connectivity index (χ3n) is 2.41. The van der Waals surface area contributed by atoms with Crippen LogP contribution in [0.1, 0.15) is 11.3 Å². The first-order chi connectivity index (χ1) is 8.84. The molecule has 0 aliphatic carbocycles. The van der Waals surface area contributed by atoms with Gasteiger partial charge in [-0.1, -0.05) is 6.07 Å². The molecule has 0 spiro atoms. The Balaban J connectivity index is 2.73. The van der Waals surface area contributed by atoms with Crippen molar-refractivity contribution in [2.75, 3.05) is 7.11 Å². The Morgan fingerprint density at radius 3 is 2.68 bits per heavy atom. The number of ether oxygens (including phenoxy) is 1. The topological polar surface area (TPSA) is 43.6 Å². The first-order valence-corrected chi connectivity index (χ1v) is 5.91. The highest BCUT2D eigenvalue weighted by Gasteiger charge is 2.36. The zero-order valence-corrected chi connectivity index (χ0v) is 11.2. The molecule has 0 radical (unpaired) electrons. The van der Waals surface area contributed by atoms with Crippen LogP contribution in [0.3, 0.4) is 0 Å². The molecular weight excluding hydrogens is 329 g/mol. The summed E-state index contributed by atoms with van der Waals surface area (Å²) >= 11 is 2.65. The molecule has 102 valence electrons. The summed E-state index contributed by atoms with van der Waals surface area (Å²) in [5.74, 6) is 0. The molecule has 0 saturated heterocycles. The summed E-state index contributed by atoms with van der Waals surface area (Å²) in [6.07, 6.45) is -3.28.